The predicted octanol–water partition coefficient (Wildman–Crippen LogP) is 5.02. The first-order valence-electron chi connectivity index (χ1n) is 13.2. The van der Waals surface area contributed by atoms with Crippen LogP contribution in [0.1, 0.15) is 73.7 Å². The van der Waals surface area contributed by atoms with E-state index in [4.69, 9.17) is 4.52 Å². The summed E-state index contributed by atoms with van der Waals surface area (Å²) in [6, 6.07) is 8.47. The molecule has 0 spiro atoms. The van der Waals surface area contributed by atoms with Crippen molar-refractivity contribution in [1.82, 2.24) is 25.3 Å². The van der Waals surface area contributed by atoms with Gasteiger partial charge in [0.2, 0.25) is 11.8 Å². The fourth-order valence-corrected chi connectivity index (χ4v) is 4.68. The summed E-state index contributed by atoms with van der Waals surface area (Å²) in [5.41, 5.74) is 2.46. The highest BCUT2D eigenvalue weighted by molar-refractivity contribution is 5.93. The molecule has 40 heavy (non-hydrogen) atoms. The van der Waals surface area contributed by atoms with E-state index in [1.54, 1.807) is 18.3 Å². The number of rotatable bonds is 6. The maximum Gasteiger partial charge on any atom is 0.401 e. The smallest absolute Gasteiger partial charge is 0.342 e. The van der Waals surface area contributed by atoms with E-state index >= 15 is 0 Å². The average molecular weight is 557 g/mol. The third-order valence-electron chi connectivity index (χ3n) is 6.92. The zero-order valence-electron chi connectivity index (χ0n) is 22.5. The summed E-state index contributed by atoms with van der Waals surface area (Å²) in [5, 5.41) is 9.52. The van der Waals surface area contributed by atoms with E-state index < -0.39 is 30.1 Å². The van der Waals surface area contributed by atoms with Crippen molar-refractivity contribution in [2.75, 3.05) is 18.4 Å². The number of anilines is 1. The molecule has 3 heterocycles. The third-order valence-corrected chi connectivity index (χ3v) is 6.92. The van der Waals surface area contributed by atoms with Crippen molar-refractivity contribution in [2.24, 2.45) is 5.92 Å². The maximum absolute atomic E-state index is 13.4. The highest BCUT2D eigenvalue weighted by Gasteiger charge is 2.34. The number of halogens is 3. The van der Waals surface area contributed by atoms with Crippen molar-refractivity contribution in [3.63, 3.8) is 0 Å². The summed E-state index contributed by atoms with van der Waals surface area (Å²) in [6.45, 7) is 4.75. The molecule has 1 aliphatic heterocycles. The van der Waals surface area contributed by atoms with Gasteiger partial charge in [0.05, 0.1) is 12.6 Å². The van der Waals surface area contributed by atoms with Crippen molar-refractivity contribution in [3.8, 4) is 11.1 Å². The van der Waals surface area contributed by atoms with Crippen LogP contribution in [-0.4, -0.2) is 51.1 Å². The van der Waals surface area contributed by atoms with Gasteiger partial charge in [-0.2, -0.15) is 18.2 Å². The Balaban J connectivity index is 1.42. The summed E-state index contributed by atoms with van der Waals surface area (Å²) in [4.78, 5) is 35.0. The van der Waals surface area contributed by atoms with Gasteiger partial charge in [0.25, 0.3) is 11.7 Å². The standard InChI is InChI=1S/C28H31F3N6O3/c1-27(2,3)26-35-23(36-40-26)25(39)33-21-9-11-37(15-28(29,30)31)14-19-12-17(6-7-20(19)21)18-8-10-32-22(13-18)34-24(38)16-4-5-16/h6-8,10,12-13,16,21H,4-5,9,11,14-15H2,1-3H3,(H,33,39)(H,32,34,38). The van der Waals surface area contributed by atoms with E-state index in [9.17, 15) is 22.8 Å². The second-order valence-electron chi connectivity index (χ2n) is 11.4. The van der Waals surface area contributed by atoms with Crippen LogP contribution in [0.5, 0.6) is 0 Å². The first-order chi connectivity index (χ1) is 18.9. The predicted molar refractivity (Wildman–Crippen MR) is 140 cm³/mol. The maximum atomic E-state index is 13.4. The number of amides is 2. The van der Waals surface area contributed by atoms with E-state index in [0.29, 0.717) is 17.3 Å². The van der Waals surface area contributed by atoms with Gasteiger partial charge < -0.3 is 15.2 Å². The largest absolute Gasteiger partial charge is 0.401 e. The molecule has 0 radical (unpaired) electrons. The minimum Gasteiger partial charge on any atom is -0.342 e. The number of carbonyl (C=O) groups is 2. The summed E-state index contributed by atoms with van der Waals surface area (Å²) >= 11 is 0. The number of benzene rings is 1. The Morgan fingerprint density at radius 3 is 2.50 bits per heavy atom. The Morgan fingerprint density at radius 1 is 1.07 bits per heavy atom. The monoisotopic (exact) mass is 556 g/mol. The van der Waals surface area contributed by atoms with Gasteiger partial charge in [0, 0.05) is 30.6 Å². The number of pyridine rings is 1. The highest BCUT2D eigenvalue weighted by atomic mass is 19.4. The number of nitrogens with one attached hydrogen (secondary N) is 2. The molecule has 2 N–H and O–H groups in total. The van der Waals surface area contributed by atoms with Gasteiger partial charge in [-0.1, -0.05) is 38.1 Å². The second-order valence-corrected chi connectivity index (χ2v) is 11.4. The van der Waals surface area contributed by atoms with Crippen molar-refractivity contribution in [2.45, 2.75) is 64.2 Å². The second kappa shape index (κ2) is 10.6. The van der Waals surface area contributed by atoms with Crippen LogP contribution in [0.3, 0.4) is 0 Å². The summed E-state index contributed by atoms with van der Waals surface area (Å²) in [7, 11) is 0. The quantitative estimate of drug-likeness (QED) is 0.439. The molecule has 0 bridgehead atoms. The normalized spacial score (nSPS) is 18.1. The van der Waals surface area contributed by atoms with Crippen molar-refractivity contribution < 1.29 is 27.3 Å². The summed E-state index contributed by atoms with van der Waals surface area (Å²) < 4.78 is 45.3. The Kier molecular flexibility index (Phi) is 7.38. The van der Waals surface area contributed by atoms with Crippen LogP contribution >= 0.6 is 0 Å². The zero-order valence-corrected chi connectivity index (χ0v) is 22.5. The molecule has 1 fully saturated rings. The van der Waals surface area contributed by atoms with Crippen molar-refractivity contribution in [3.05, 3.63) is 59.4 Å². The Morgan fingerprint density at radius 2 is 1.82 bits per heavy atom. The van der Waals surface area contributed by atoms with E-state index in [-0.39, 0.29) is 37.2 Å². The van der Waals surface area contributed by atoms with Gasteiger partial charge >= 0.3 is 6.18 Å². The van der Waals surface area contributed by atoms with Gasteiger partial charge in [-0.15, -0.1) is 0 Å². The topological polar surface area (TPSA) is 113 Å². The molecule has 2 amide bonds. The van der Waals surface area contributed by atoms with E-state index in [1.165, 1.54) is 4.90 Å². The van der Waals surface area contributed by atoms with Crippen LogP contribution in [0.2, 0.25) is 0 Å². The van der Waals surface area contributed by atoms with Gasteiger partial charge in [-0.05, 0) is 59.7 Å². The molecule has 1 atom stereocenters. The first kappa shape index (κ1) is 27.8. The molecule has 1 aromatic carbocycles. The van der Waals surface area contributed by atoms with Crippen LogP contribution in [-0.2, 0) is 16.8 Å². The first-order valence-corrected chi connectivity index (χ1v) is 13.2. The van der Waals surface area contributed by atoms with Crippen molar-refractivity contribution >= 4 is 17.6 Å². The fraction of sp³-hybridized carbons (Fsp3) is 0.464. The molecule has 3 aromatic rings. The van der Waals surface area contributed by atoms with Gasteiger partial charge in [-0.3, -0.25) is 14.5 Å². The molecule has 2 aromatic heterocycles. The lowest BCUT2D eigenvalue weighted by molar-refractivity contribution is -0.147. The van der Waals surface area contributed by atoms with Crippen LogP contribution < -0.4 is 10.6 Å². The Bertz CT molecular complexity index is 1410. The molecule has 9 nitrogen and oxygen atoms in total. The van der Waals surface area contributed by atoms with Gasteiger partial charge in [0.15, 0.2) is 0 Å². The molecular formula is C28H31F3N6O3. The molecule has 1 unspecified atom stereocenters. The Hall–Kier alpha value is -3.80. The summed E-state index contributed by atoms with van der Waals surface area (Å²) in [5.74, 6) is 0.0000328. The molecule has 5 rings (SSSR count). The number of carbonyl (C=O) groups excluding carboxylic acids is 2. The molecule has 0 saturated heterocycles. The molecule has 1 saturated carbocycles. The molecule has 1 aliphatic carbocycles. The Labute approximate surface area is 229 Å². The van der Waals surface area contributed by atoms with E-state index in [1.807, 2.05) is 39.0 Å². The molecule has 12 heteroatoms. The average Bonchev–Trinajstić information content (AvgIpc) is 3.63. The molecular weight excluding hydrogens is 525 g/mol. The zero-order chi connectivity index (χ0) is 28.7. The number of fused-ring (bicyclic) bond motifs is 1. The van der Waals surface area contributed by atoms with E-state index in [2.05, 4.69) is 25.8 Å². The van der Waals surface area contributed by atoms with Crippen LogP contribution in [0.15, 0.2) is 41.1 Å². The van der Waals surface area contributed by atoms with E-state index in [0.717, 1.165) is 29.5 Å². The molecule has 212 valence electrons. The van der Waals surface area contributed by atoms with Crippen LogP contribution in [0, 0.1) is 5.92 Å². The lowest BCUT2D eigenvalue weighted by Gasteiger charge is -2.22. The highest BCUT2D eigenvalue weighted by Crippen LogP contribution is 2.34. The number of aromatic nitrogens is 3. The van der Waals surface area contributed by atoms with Crippen LogP contribution in [0.25, 0.3) is 11.1 Å². The van der Waals surface area contributed by atoms with Crippen molar-refractivity contribution in [1.29, 1.82) is 0 Å². The van der Waals surface area contributed by atoms with Gasteiger partial charge in [-0.25, -0.2) is 4.98 Å². The third kappa shape index (κ3) is 6.67. The molecule has 2 aliphatic rings. The number of nitrogens with zero attached hydrogens (tertiary/aromatic N) is 4. The number of hydrogen-bond donors (Lipinski definition) is 2. The number of hydrogen-bond acceptors (Lipinski definition) is 7. The minimum absolute atomic E-state index is 0.0252. The van der Waals surface area contributed by atoms with Crippen LogP contribution in [0.4, 0.5) is 19.0 Å². The fourth-order valence-electron chi connectivity index (χ4n) is 4.68. The lowest BCUT2D eigenvalue weighted by Crippen LogP contribution is -2.35. The number of alkyl halides is 3. The SMILES string of the molecule is CC(C)(C)c1nc(C(=O)NC2CCN(CC(F)(F)F)Cc3cc(-c4ccnc(NC(=O)C5CC5)c4)ccc32)no1. The minimum atomic E-state index is -4.37. The lowest BCUT2D eigenvalue weighted by atomic mass is 9.94. The van der Waals surface area contributed by atoms with Gasteiger partial charge in [0.1, 0.15) is 5.82 Å². The summed E-state index contributed by atoms with van der Waals surface area (Å²) in [6.07, 6.45) is -0.779.